The van der Waals surface area contributed by atoms with Crippen LogP contribution in [0.5, 0.6) is 5.75 Å². The normalized spacial score (nSPS) is 11.0. The number of benzene rings is 2. The zero-order chi connectivity index (χ0) is 18.0. The van der Waals surface area contributed by atoms with Crippen molar-refractivity contribution >= 4 is 16.9 Å². The van der Waals surface area contributed by atoms with Crippen molar-refractivity contribution in [2.45, 2.75) is 27.2 Å². The van der Waals surface area contributed by atoms with Gasteiger partial charge in [-0.1, -0.05) is 50.2 Å². The standard InChI is InChI=1S/C21H20O4/c1-13(2)11-18(22)25-21-19(23)16-10-9-14(3)12-17(16)24-20(21)15-7-5-4-6-8-15/h4-10,12-13H,11H2,1-3H3. The van der Waals surface area contributed by atoms with Gasteiger partial charge in [-0.15, -0.1) is 0 Å². The summed E-state index contributed by atoms with van der Waals surface area (Å²) in [6, 6.07) is 14.5. The summed E-state index contributed by atoms with van der Waals surface area (Å²) in [5.41, 5.74) is 1.82. The van der Waals surface area contributed by atoms with Crippen molar-refractivity contribution in [2.75, 3.05) is 0 Å². The first-order valence-corrected chi connectivity index (χ1v) is 8.29. The Balaban J connectivity index is 2.21. The topological polar surface area (TPSA) is 56.5 Å². The van der Waals surface area contributed by atoms with Crippen LogP contribution in [0, 0.1) is 12.8 Å². The van der Waals surface area contributed by atoms with E-state index in [1.54, 1.807) is 6.07 Å². The summed E-state index contributed by atoms with van der Waals surface area (Å²) >= 11 is 0. The van der Waals surface area contributed by atoms with Gasteiger partial charge in [0.2, 0.25) is 11.2 Å². The fourth-order valence-corrected chi connectivity index (χ4v) is 2.64. The van der Waals surface area contributed by atoms with Gasteiger partial charge in [-0.3, -0.25) is 9.59 Å². The lowest BCUT2D eigenvalue weighted by Crippen LogP contribution is -2.17. The number of carbonyl (C=O) groups excluding carboxylic acids is 1. The molecule has 0 amide bonds. The van der Waals surface area contributed by atoms with Crippen LogP contribution in [0.1, 0.15) is 25.8 Å². The van der Waals surface area contributed by atoms with Gasteiger partial charge in [-0.2, -0.15) is 0 Å². The summed E-state index contributed by atoms with van der Waals surface area (Å²) in [6.07, 6.45) is 0.236. The Hall–Kier alpha value is -2.88. The van der Waals surface area contributed by atoms with E-state index in [0.717, 1.165) is 5.56 Å². The van der Waals surface area contributed by atoms with Gasteiger partial charge in [0.05, 0.1) is 5.39 Å². The lowest BCUT2D eigenvalue weighted by molar-refractivity contribution is -0.135. The van der Waals surface area contributed by atoms with Crippen LogP contribution in [0.4, 0.5) is 0 Å². The highest BCUT2D eigenvalue weighted by Crippen LogP contribution is 2.31. The van der Waals surface area contributed by atoms with Crippen LogP contribution in [0.25, 0.3) is 22.3 Å². The van der Waals surface area contributed by atoms with Crippen molar-refractivity contribution in [1.82, 2.24) is 0 Å². The van der Waals surface area contributed by atoms with Crippen LogP contribution in [0.3, 0.4) is 0 Å². The maximum Gasteiger partial charge on any atom is 0.311 e. The summed E-state index contributed by atoms with van der Waals surface area (Å²) in [5.74, 6) is -0.0669. The Kier molecular flexibility index (Phi) is 4.70. The molecule has 0 radical (unpaired) electrons. The average Bonchev–Trinajstić information content (AvgIpc) is 2.57. The lowest BCUT2D eigenvalue weighted by Gasteiger charge is -2.11. The predicted molar refractivity (Wildman–Crippen MR) is 97.7 cm³/mol. The second-order valence-corrected chi connectivity index (χ2v) is 6.53. The summed E-state index contributed by atoms with van der Waals surface area (Å²) in [6.45, 7) is 5.77. The third-order valence-corrected chi connectivity index (χ3v) is 3.83. The van der Waals surface area contributed by atoms with Crippen molar-refractivity contribution in [3.05, 3.63) is 64.3 Å². The van der Waals surface area contributed by atoms with Crippen molar-refractivity contribution in [2.24, 2.45) is 5.92 Å². The van der Waals surface area contributed by atoms with Crippen LogP contribution < -0.4 is 10.2 Å². The largest absolute Gasteiger partial charge is 0.452 e. The van der Waals surface area contributed by atoms with E-state index in [2.05, 4.69) is 0 Å². The number of hydrogen-bond acceptors (Lipinski definition) is 4. The van der Waals surface area contributed by atoms with E-state index in [-0.39, 0.29) is 29.3 Å². The number of rotatable bonds is 4. The summed E-state index contributed by atoms with van der Waals surface area (Å²) in [5, 5.41) is 0.401. The molecule has 0 fully saturated rings. The van der Waals surface area contributed by atoms with Gasteiger partial charge in [-0.05, 0) is 30.5 Å². The predicted octanol–water partition coefficient (Wildman–Crippen LogP) is 4.72. The summed E-state index contributed by atoms with van der Waals surface area (Å²) in [4.78, 5) is 25.1. The quantitative estimate of drug-likeness (QED) is 0.647. The molecular weight excluding hydrogens is 316 g/mol. The van der Waals surface area contributed by atoms with Gasteiger partial charge in [0.25, 0.3) is 0 Å². The van der Waals surface area contributed by atoms with E-state index >= 15 is 0 Å². The smallest absolute Gasteiger partial charge is 0.311 e. The van der Waals surface area contributed by atoms with E-state index < -0.39 is 5.97 Å². The average molecular weight is 336 g/mol. The third-order valence-electron chi connectivity index (χ3n) is 3.83. The van der Waals surface area contributed by atoms with E-state index in [1.165, 1.54) is 0 Å². The SMILES string of the molecule is Cc1ccc2c(=O)c(OC(=O)CC(C)C)c(-c3ccccc3)oc2c1. The fourth-order valence-electron chi connectivity index (χ4n) is 2.64. The molecule has 0 N–H and O–H groups in total. The molecule has 128 valence electrons. The number of carbonyl (C=O) groups is 1. The fraction of sp³-hybridized carbons (Fsp3) is 0.238. The van der Waals surface area contributed by atoms with Crippen LogP contribution in [-0.4, -0.2) is 5.97 Å². The molecule has 25 heavy (non-hydrogen) atoms. The molecule has 0 spiro atoms. The van der Waals surface area contributed by atoms with Crippen molar-refractivity contribution in [3.8, 4) is 17.1 Å². The van der Waals surface area contributed by atoms with E-state index in [1.807, 2.05) is 63.2 Å². The minimum atomic E-state index is -0.439. The zero-order valence-corrected chi connectivity index (χ0v) is 14.5. The van der Waals surface area contributed by atoms with Crippen molar-refractivity contribution < 1.29 is 13.9 Å². The molecule has 0 unspecified atom stereocenters. The Morgan fingerprint density at radius 2 is 1.84 bits per heavy atom. The maximum absolute atomic E-state index is 12.9. The van der Waals surface area contributed by atoms with E-state index in [9.17, 15) is 9.59 Å². The minimum Gasteiger partial charge on any atom is -0.452 e. The molecule has 0 bridgehead atoms. The molecule has 0 saturated carbocycles. The Morgan fingerprint density at radius 1 is 1.12 bits per heavy atom. The van der Waals surface area contributed by atoms with Gasteiger partial charge in [-0.25, -0.2) is 0 Å². The van der Waals surface area contributed by atoms with Gasteiger partial charge in [0.15, 0.2) is 5.76 Å². The molecule has 4 nitrogen and oxygen atoms in total. The van der Waals surface area contributed by atoms with Crippen molar-refractivity contribution in [3.63, 3.8) is 0 Å². The van der Waals surface area contributed by atoms with Gasteiger partial charge in [0, 0.05) is 12.0 Å². The van der Waals surface area contributed by atoms with Crippen LogP contribution >= 0.6 is 0 Å². The number of aryl methyl sites for hydroxylation is 1. The molecule has 1 aromatic heterocycles. The summed E-state index contributed by atoms with van der Waals surface area (Å²) < 4.78 is 11.4. The summed E-state index contributed by atoms with van der Waals surface area (Å²) in [7, 11) is 0. The van der Waals surface area contributed by atoms with E-state index in [4.69, 9.17) is 9.15 Å². The van der Waals surface area contributed by atoms with Crippen LogP contribution in [0.15, 0.2) is 57.7 Å². The number of hydrogen-bond donors (Lipinski definition) is 0. The highest BCUT2D eigenvalue weighted by molar-refractivity contribution is 5.84. The molecule has 3 rings (SSSR count). The van der Waals surface area contributed by atoms with Gasteiger partial charge < -0.3 is 9.15 Å². The highest BCUT2D eigenvalue weighted by atomic mass is 16.5. The molecule has 0 aliphatic carbocycles. The minimum absolute atomic E-state index is 0.0480. The zero-order valence-electron chi connectivity index (χ0n) is 14.5. The molecule has 1 heterocycles. The number of esters is 1. The second kappa shape index (κ2) is 6.93. The molecule has 4 heteroatoms. The van der Waals surface area contributed by atoms with Crippen LogP contribution in [0.2, 0.25) is 0 Å². The monoisotopic (exact) mass is 336 g/mol. The van der Waals surface area contributed by atoms with Gasteiger partial charge in [0.1, 0.15) is 5.58 Å². The first-order valence-electron chi connectivity index (χ1n) is 8.29. The first-order chi connectivity index (χ1) is 12.0. The third kappa shape index (κ3) is 3.63. The molecule has 0 aliphatic heterocycles. The van der Waals surface area contributed by atoms with E-state index in [0.29, 0.717) is 16.5 Å². The number of ether oxygens (including phenoxy) is 1. The molecule has 0 saturated heterocycles. The lowest BCUT2D eigenvalue weighted by atomic mass is 10.1. The Labute approximate surface area is 146 Å². The Bertz CT molecular complexity index is 968. The molecule has 0 aliphatic rings. The molecule has 0 atom stereocenters. The molecular formula is C21H20O4. The van der Waals surface area contributed by atoms with Crippen LogP contribution in [-0.2, 0) is 4.79 Å². The maximum atomic E-state index is 12.9. The van der Waals surface area contributed by atoms with Gasteiger partial charge >= 0.3 is 5.97 Å². The highest BCUT2D eigenvalue weighted by Gasteiger charge is 2.20. The molecule has 3 aromatic rings. The second-order valence-electron chi connectivity index (χ2n) is 6.53. The molecule has 2 aromatic carbocycles. The first kappa shape index (κ1) is 17.0. The van der Waals surface area contributed by atoms with Crippen molar-refractivity contribution in [1.29, 1.82) is 0 Å². The number of fused-ring (bicyclic) bond motifs is 1. The Morgan fingerprint density at radius 3 is 2.52 bits per heavy atom.